The Bertz CT molecular complexity index is 370. The van der Waals surface area contributed by atoms with Crippen molar-refractivity contribution in [3.8, 4) is 0 Å². The molecule has 0 aromatic rings. The molecule has 4 rings (SSSR count). The number of nitrogens with one attached hydrogen (secondary N) is 1. The van der Waals surface area contributed by atoms with Crippen LogP contribution in [0, 0.1) is 11.8 Å². The largest absolute Gasteiger partial charge is 0.375 e. The van der Waals surface area contributed by atoms with Crippen molar-refractivity contribution < 1.29 is 9.47 Å². The van der Waals surface area contributed by atoms with Crippen LogP contribution < -0.4 is 11.3 Å². The minimum atomic E-state index is 0.155. The smallest absolute Gasteiger partial charge is 0.0701 e. The quantitative estimate of drug-likeness (QED) is 0.617. The van der Waals surface area contributed by atoms with Crippen LogP contribution in [0.5, 0.6) is 0 Å². The number of hydrogen-bond acceptors (Lipinski definition) is 5. The molecule has 5 heteroatoms. The second-order valence-electron chi connectivity index (χ2n) is 7.36. The van der Waals surface area contributed by atoms with Crippen LogP contribution in [0.1, 0.15) is 44.9 Å². The Kier molecular flexibility index (Phi) is 4.22. The molecule has 0 radical (unpaired) electrons. The van der Waals surface area contributed by atoms with E-state index < -0.39 is 0 Å². The van der Waals surface area contributed by atoms with Crippen molar-refractivity contribution in [3.63, 3.8) is 0 Å². The highest BCUT2D eigenvalue weighted by Gasteiger charge is 2.49. The Morgan fingerprint density at radius 2 is 2.05 bits per heavy atom. The fourth-order valence-corrected chi connectivity index (χ4v) is 6.37. The molecule has 120 valence electrons. The molecule has 2 bridgehead atoms. The summed E-state index contributed by atoms with van der Waals surface area (Å²) in [6, 6.07) is 0.413. The summed E-state index contributed by atoms with van der Waals surface area (Å²) in [6.45, 7) is 0.912. The average Bonchev–Trinajstić information content (AvgIpc) is 3.12. The van der Waals surface area contributed by atoms with Crippen LogP contribution in [0.15, 0.2) is 0 Å². The number of thioether (sulfide) groups is 1. The molecule has 21 heavy (non-hydrogen) atoms. The molecular formula is C16H28N2O2S. The zero-order valence-electron chi connectivity index (χ0n) is 12.8. The van der Waals surface area contributed by atoms with Crippen molar-refractivity contribution in [3.05, 3.63) is 0 Å². The van der Waals surface area contributed by atoms with E-state index in [1.807, 2.05) is 0 Å². The fraction of sp³-hybridized carbons (Fsp3) is 1.00. The molecule has 4 saturated heterocycles. The van der Waals surface area contributed by atoms with E-state index in [4.69, 9.17) is 15.3 Å². The summed E-state index contributed by atoms with van der Waals surface area (Å²) in [5.41, 5.74) is 3.33. The van der Waals surface area contributed by atoms with Gasteiger partial charge in [0.2, 0.25) is 0 Å². The average molecular weight is 312 g/mol. The number of hydrogen-bond donors (Lipinski definition) is 2. The van der Waals surface area contributed by atoms with Crippen LogP contribution >= 0.6 is 11.8 Å². The second-order valence-corrected chi connectivity index (χ2v) is 8.59. The maximum atomic E-state index is 6.24. The zero-order valence-corrected chi connectivity index (χ0v) is 13.6. The Morgan fingerprint density at radius 1 is 1.19 bits per heavy atom. The number of ether oxygens (including phenoxy) is 2. The summed E-state index contributed by atoms with van der Waals surface area (Å²) in [6.07, 6.45) is 9.45. The SMILES string of the molecule is NNC(C1CCOC2(CCSCC2)C1)C1CC2CCC1O2. The first-order chi connectivity index (χ1) is 10.3. The monoisotopic (exact) mass is 312 g/mol. The van der Waals surface area contributed by atoms with Gasteiger partial charge in [0, 0.05) is 18.6 Å². The summed E-state index contributed by atoms with van der Waals surface area (Å²) in [7, 11) is 0. The summed E-state index contributed by atoms with van der Waals surface area (Å²) >= 11 is 2.07. The van der Waals surface area contributed by atoms with Crippen LogP contribution in [-0.4, -0.2) is 42.0 Å². The van der Waals surface area contributed by atoms with Crippen molar-refractivity contribution in [2.24, 2.45) is 17.7 Å². The maximum Gasteiger partial charge on any atom is 0.0701 e. The molecule has 5 atom stereocenters. The van der Waals surface area contributed by atoms with E-state index in [0.29, 0.717) is 30.1 Å². The van der Waals surface area contributed by atoms with Crippen molar-refractivity contribution in [2.75, 3.05) is 18.1 Å². The molecule has 1 spiro atoms. The fourth-order valence-electron chi connectivity index (χ4n) is 5.13. The van der Waals surface area contributed by atoms with Crippen LogP contribution in [0.2, 0.25) is 0 Å². The molecular weight excluding hydrogens is 284 g/mol. The van der Waals surface area contributed by atoms with Crippen LogP contribution in [0.3, 0.4) is 0 Å². The van der Waals surface area contributed by atoms with Crippen LogP contribution in [0.25, 0.3) is 0 Å². The van der Waals surface area contributed by atoms with E-state index >= 15 is 0 Å². The van der Waals surface area contributed by atoms with E-state index in [1.54, 1.807) is 0 Å². The van der Waals surface area contributed by atoms with E-state index in [9.17, 15) is 0 Å². The predicted octanol–water partition coefficient (Wildman–Crippen LogP) is 2.08. The van der Waals surface area contributed by atoms with E-state index in [0.717, 1.165) is 13.0 Å². The first-order valence-electron chi connectivity index (χ1n) is 8.63. The first kappa shape index (κ1) is 14.8. The van der Waals surface area contributed by atoms with Gasteiger partial charge in [0.1, 0.15) is 0 Å². The number of hydrazine groups is 1. The molecule has 0 aliphatic carbocycles. The van der Waals surface area contributed by atoms with Crippen molar-refractivity contribution >= 4 is 11.8 Å². The van der Waals surface area contributed by atoms with Gasteiger partial charge in [-0.05, 0) is 62.4 Å². The van der Waals surface area contributed by atoms with Crippen molar-refractivity contribution in [1.82, 2.24) is 5.43 Å². The van der Waals surface area contributed by atoms with E-state index in [-0.39, 0.29) is 5.60 Å². The third-order valence-corrected chi connectivity index (χ3v) is 7.24. The minimum Gasteiger partial charge on any atom is -0.375 e. The Labute approximate surface area is 131 Å². The van der Waals surface area contributed by atoms with E-state index in [2.05, 4.69) is 17.2 Å². The Hall–Kier alpha value is 0.190. The lowest BCUT2D eigenvalue weighted by molar-refractivity contribution is -0.111. The van der Waals surface area contributed by atoms with Gasteiger partial charge < -0.3 is 9.47 Å². The van der Waals surface area contributed by atoms with Gasteiger partial charge in [-0.1, -0.05) is 0 Å². The molecule has 4 fully saturated rings. The molecule has 0 aromatic heterocycles. The molecule has 4 heterocycles. The summed E-state index contributed by atoms with van der Waals surface area (Å²) in [5.74, 6) is 9.76. The van der Waals surface area contributed by atoms with Crippen molar-refractivity contribution in [1.29, 1.82) is 0 Å². The minimum absolute atomic E-state index is 0.155. The van der Waals surface area contributed by atoms with Gasteiger partial charge in [-0.25, -0.2) is 0 Å². The molecule has 4 aliphatic rings. The second kappa shape index (κ2) is 6.00. The summed E-state index contributed by atoms with van der Waals surface area (Å²) in [4.78, 5) is 0. The maximum absolute atomic E-state index is 6.24. The number of nitrogens with two attached hydrogens (primary N) is 1. The van der Waals surface area contributed by atoms with Crippen LogP contribution in [0.4, 0.5) is 0 Å². The highest BCUT2D eigenvalue weighted by Crippen LogP contribution is 2.46. The predicted molar refractivity (Wildman–Crippen MR) is 85.1 cm³/mol. The summed E-state index contributed by atoms with van der Waals surface area (Å²) in [5, 5.41) is 0. The Balaban J connectivity index is 1.46. The van der Waals surface area contributed by atoms with Crippen LogP contribution in [-0.2, 0) is 9.47 Å². The molecule has 4 aliphatic heterocycles. The lowest BCUT2D eigenvalue weighted by Gasteiger charge is -2.46. The molecule has 3 N–H and O–H groups in total. The highest BCUT2D eigenvalue weighted by molar-refractivity contribution is 7.99. The molecule has 0 amide bonds. The molecule has 5 unspecified atom stereocenters. The standard InChI is InChI=1S/C16H28N2O2S/c17-18-15(13-9-12-1-2-14(13)20-12)11-3-6-19-16(10-11)4-7-21-8-5-16/h11-15,18H,1-10,17H2. The molecule has 4 nitrogen and oxygen atoms in total. The third kappa shape index (κ3) is 2.76. The Morgan fingerprint density at radius 3 is 2.71 bits per heavy atom. The summed E-state index contributed by atoms with van der Waals surface area (Å²) < 4.78 is 12.3. The lowest BCUT2D eigenvalue weighted by Crippen LogP contribution is -2.54. The highest BCUT2D eigenvalue weighted by atomic mass is 32.2. The van der Waals surface area contributed by atoms with E-state index in [1.165, 1.54) is 50.0 Å². The van der Waals surface area contributed by atoms with Gasteiger partial charge in [-0.2, -0.15) is 11.8 Å². The van der Waals surface area contributed by atoms with Gasteiger partial charge in [0.25, 0.3) is 0 Å². The number of fused-ring (bicyclic) bond motifs is 2. The van der Waals surface area contributed by atoms with Gasteiger partial charge >= 0.3 is 0 Å². The molecule has 0 aromatic carbocycles. The first-order valence-corrected chi connectivity index (χ1v) is 9.78. The van der Waals surface area contributed by atoms with Gasteiger partial charge in [0.15, 0.2) is 0 Å². The topological polar surface area (TPSA) is 56.5 Å². The van der Waals surface area contributed by atoms with Gasteiger partial charge in [-0.3, -0.25) is 11.3 Å². The van der Waals surface area contributed by atoms with Gasteiger partial charge in [0.05, 0.1) is 17.8 Å². The molecule has 0 saturated carbocycles. The van der Waals surface area contributed by atoms with Crippen molar-refractivity contribution in [2.45, 2.75) is 68.8 Å². The number of rotatable bonds is 3. The lowest BCUT2D eigenvalue weighted by atomic mass is 9.72. The van der Waals surface area contributed by atoms with Gasteiger partial charge in [-0.15, -0.1) is 0 Å². The third-order valence-electron chi connectivity index (χ3n) is 6.25. The normalized spacial score (nSPS) is 43.3. The zero-order chi connectivity index (χ0) is 14.3.